The van der Waals surface area contributed by atoms with Gasteiger partial charge in [-0.3, -0.25) is 14.9 Å². The number of nitrogens with two attached hydrogens (primary N) is 1. The molecule has 0 aliphatic rings. The zero-order valence-corrected chi connectivity index (χ0v) is 15.3. The summed E-state index contributed by atoms with van der Waals surface area (Å²) in [5.41, 5.74) is 7.12. The first-order chi connectivity index (χ1) is 12.1. The van der Waals surface area contributed by atoms with Gasteiger partial charge in [-0.25, -0.2) is 9.97 Å². The average Bonchev–Trinajstić information content (AvgIpc) is 3.28. The second-order valence-electron chi connectivity index (χ2n) is 5.05. The number of carbonyl (C=O) groups is 2. The topological polar surface area (TPSA) is 123 Å². The van der Waals surface area contributed by atoms with Gasteiger partial charge in [0.2, 0.25) is 5.89 Å². The molecule has 3 aromatic rings. The van der Waals surface area contributed by atoms with Crippen LogP contribution < -0.4 is 16.4 Å². The van der Waals surface area contributed by atoms with Gasteiger partial charge < -0.3 is 15.5 Å². The van der Waals surface area contributed by atoms with E-state index in [2.05, 4.69) is 20.6 Å². The van der Waals surface area contributed by atoms with Crippen molar-refractivity contribution in [3.8, 4) is 0 Å². The van der Waals surface area contributed by atoms with Crippen molar-refractivity contribution in [2.75, 3.05) is 10.6 Å². The SMILES string of the molecule is Cc1c(NC(=O)c2coc(CN)n2)cccc1C(=O)Nc1nccs1.Cl. The minimum absolute atomic E-state index is 0. The number of rotatable bonds is 5. The molecule has 0 atom stereocenters. The summed E-state index contributed by atoms with van der Waals surface area (Å²) in [5.74, 6) is -0.460. The number of benzene rings is 1. The third-order valence-electron chi connectivity index (χ3n) is 3.44. The zero-order chi connectivity index (χ0) is 17.8. The number of hydrogen-bond donors (Lipinski definition) is 3. The number of aromatic nitrogens is 2. The van der Waals surface area contributed by atoms with E-state index >= 15 is 0 Å². The molecule has 1 aromatic carbocycles. The molecule has 8 nitrogen and oxygen atoms in total. The van der Waals surface area contributed by atoms with Crippen molar-refractivity contribution in [3.63, 3.8) is 0 Å². The molecule has 4 N–H and O–H groups in total. The van der Waals surface area contributed by atoms with Gasteiger partial charge >= 0.3 is 0 Å². The van der Waals surface area contributed by atoms with Crippen LogP contribution >= 0.6 is 23.7 Å². The Morgan fingerprint density at radius 3 is 2.73 bits per heavy atom. The maximum absolute atomic E-state index is 12.4. The lowest BCUT2D eigenvalue weighted by Crippen LogP contribution is -2.17. The van der Waals surface area contributed by atoms with E-state index in [0.29, 0.717) is 21.9 Å². The van der Waals surface area contributed by atoms with Crippen molar-refractivity contribution in [1.82, 2.24) is 9.97 Å². The Balaban J connectivity index is 0.00000243. The number of carbonyl (C=O) groups excluding carboxylic acids is 2. The maximum atomic E-state index is 12.4. The molecule has 0 aliphatic heterocycles. The maximum Gasteiger partial charge on any atom is 0.277 e. The molecule has 136 valence electrons. The van der Waals surface area contributed by atoms with Crippen molar-refractivity contribution in [1.29, 1.82) is 0 Å². The van der Waals surface area contributed by atoms with E-state index in [0.717, 1.165) is 0 Å². The van der Waals surface area contributed by atoms with E-state index in [1.807, 2.05) is 0 Å². The molecule has 0 aliphatic carbocycles. The van der Waals surface area contributed by atoms with E-state index in [1.165, 1.54) is 17.6 Å². The van der Waals surface area contributed by atoms with Crippen LogP contribution in [0.5, 0.6) is 0 Å². The normalized spacial score (nSPS) is 10.1. The Hall–Kier alpha value is -2.75. The number of nitrogens with zero attached hydrogens (tertiary/aromatic N) is 2. The summed E-state index contributed by atoms with van der Waals surface area (Å²) < 4.78 is 5.06. The summed E-state index contributed by atoms with van der Waals surface area (Å²) in [4.78, 5) is 32.6. The van der Waals surface area contributed by atoms with Crippen LogP contribution in [0.4, 0.5) is 10.8 Å². The Morgan fingerprint density at radius 2 is 2.08 bits per heavy atom. The van der Waals surface area contributed by atoms with Gasteiger partial charge in [-0.05, 0) is 24.6 Å². The minimum atomic E-state index is -0.441. The van der Waals surface area contributed by atoms with Crippen LogP contribution in [0.25, 0.3) is 0 Å². The third kappa shape index (κ3) is 4.26. The van der Waals surface area contributed by atoms with Gasteiger partial charge in [-0.15, -0.1) is 23.7 Å². The standard InChI is InChI=1S/C16H15N5O3S.ClH/c1-9-10(14(22)21-16-18-5-6-25-16)3-2-4-11(9)20-15(23)12-8-24-13(7-17)19-12;/h2-6,8H,7,17H2,1H3,(H,20,23)(H,18,21,22);1H. The average molecular weight is 394 g/mol. The zero-order valence-electron chi connectivity index (χ0n) is 13.7. The number of halogens is 1. The predicted octanol–water partition coefficient (Wildman–Crippen LogP) is 2.82. The minimum Gasteiger partial charge on any atom is -0.447 e. The van der Waals surface area contributed by atoms with E-state index in [-0.39, 0.29) is 36.4 Å². The lowest BCUT2D eigenvalue weighted by molar-refractivity contribution is 0.101. The number of anilines is 2. The third-order valence-corrected chi connectivity index (χ3v) is 4.13. The predicted molar refractivity (Wildman–Crippen MR) is 101 cm³/mol. The second-order valence-corrected chi connectivity index (χ2v) is 5.95. The molecule has 0 saturated heterocycles. The number of nitrogens with one attached hydrogen (secondary N) is 2. The van der Waals surface area contributed by atoms with Crippen molar-refractivity contribution in [2.24, 2.45) is 5.73 Å². The first-order valence-electron chi connectivity index (χ1n) is 7.34. The van der Waals surface area contributed by atoms with Gasteiger partial charge in [0.1, 0.15) is 6.26 Å². The molecule has 2 aromatic heterocycles. The Morgan fingerprint density at radius 1 is 1.27 bits per heavy atom. The summed E-state index contributed by atoms with van der Waals surface area (Å²) in [7, 11) is 0. The second kappa shape index (κ2) is 8.56. The quantitative estimate of drug-likeness (QED) is 0.612. The summed E-state index contributed by atoms with van der Waals surface area (Å²) in [6.07, 6.45) is 2.85. The summed E-state index contributed by atoms with van der Waals surface area (Å²) in [6, 6.07) is 5.07. The highest BCUT2D eigenvalue weighted by Crippen LogP contribution is 2.21. The van der Waals surface area contributed by atoms with Gasteiger partial charge in [0.05, 0.1) is 6.54 Å². The largest absolute Gasteiger partial charge is 0.447 e. The molecule has 0 saturated carbocycles. The van der Waals surface area contributed by atoms with Gasteiger partial charge in [-0.2, -0.15) is 0 Å². The molecule has 0 spiro atoms. The van der Waals surface area contributed by atoms with Crippen molar-refractivity contribution in [2.45, 2.75) is 13.5 Å². The first kappa shape index (κ1) is 19.6. The van der Waals surface area contributed by atoms with E-state index < -0.39 is 5.91 Å². The van der Waals surface area contributed by atoms with E-state index in [4.69, 9.17) is 10.2 Å². The van der Waals surface area contributed by atoms with Gasteiger partial charge in [-0.1, -0.05) is 6.07 Å². The highest BCUT2D eigenvalue weighted by atomic mass is 35.5. The van der Waals surface area contributed by atoms with Crippen LogP contribution in [0.15, 0.2) is 40.5 Å². The van der Waals surface area contributed by atoms with Crippen molar-refractivity contribution in [3.05, 3.63) is 58.8 Å². The number of amides is 2. The van der Waals surface area contributed by atoms with Crippen LogP contribution in [0.1, 0.15) is 32.3 Å². The fraction of sp³-hybridized carbons (Fsp3) is 0.125. The molecule has 10 heteroatoms. The molecular formula is C16H16ClN5O3S. The van der Waals surface area contributed by atoms with Crippen molar-refractivity contribution < 1.29 is 14.0 Å². The molecule has 3 rings (SSSR count). The molecule has 2 heterocycles. The Bertz CT molecular complexity index is 911. The highest BCUT2D eigenvalue weighted by molar-refractivity contribution is 7.13. The molecule has 0 fully saturated rings. The van der Waals surface area contributed by atoms with Crippen LogP contribution in [-0.2, 0) is 6.54 Å². The lowest BCUT2D eigenvalue weighted by atomic mass is 10.1. The van der Waals surface area contributed by atoms with Gasteiger partial charge in [0, 0.05) is 22.8 Å². The molecular weight excluding hydrogens is 378 g/mol. The van der Waals surface area contributed by atoms with Gasteiger partial charge in [0.25, 0.3) is 11.8 Å². The van der Waals surface area contributed by atoms with Gasteiger partial charge in [0.15, 0.2) is 10.8 Å². The molecule has 0 bridgehead atoms. The van der Waals surface area contributed by atoms with E-state index in [9.17, 15) is 9.59 Å². The van der Waals surface area contributed by atoms with Crippen molar-refractivity contribution >= 4 is 46.4 Å². The monoisotopic (exact) mass is 393 g/mol. The summed E-state index contributed by atoms with van der Waals surface area (Å²) in [6.45, 7) is 1.86. The van der Waals surface area contributed by atoms with Crippen LogP contribution in [0.2, 0.25) is 0 Å². The first-order valence-corrected chi connectivity index (χ1v) is 8.22. The Kier molecular flexibility index (Phi) is 6.45. The van der Waals surface area contributed by atoms with Crippen LogP contribution in [0, 0.1) is 6.92 Å². The summed E-state index contributed by atoms with van der Waals surface area (Å²) >= 11 is 1.33. The molecule has 0 radical (unpaired) electrons. The smallest absolute Gasteiger partial charge is 0.277 e. The van der Waals surface area contributed by atoms with E-state index in [1.54, 1.807) is 36.7 Å². The summed E-state index contributed by atoms with van der Waals surface area (Å²) in [5, 5.41) is 7.72. The number of oxazole rings is 1. The Labute approximate surface area is 159 Å². The fourth-order valence-electron chi connectivity index (χ4n) is 2.16. The molecule has 0 unspecified atom stereocenters. The van der Waals surface area contributed by atoms with Crippen LogP contribution in [-0.4, -0.2) is 21.8 Å². The number of thiazole rings is 1. The fourth-order valence-corrected chi connectivity index (χ4v) is 2.69. The molecule has 26 heavy (non-hydrogen) atoms. The molecule has 2 amide bonds. The number of hydrogen-bond acceptors (Lipinski definition) is 7. The van der Waals surface area contributed by atoms with Crippen LogP contribution in [0.3, 0.4) is 0 Å². The highest BCUT2D eigenvalue weighted by Gasteiger charge is 2.16. The lowest BCUT2D eigenvalue weighted by Gasteiger charge is -2.11.